The second-order valence-corrected chi connectivity index (χ2v) is 18.0. The van der Waals surface area contributed by atoms with Gasteiger partial charge in [0, 0.05) is 53.0 Å². The number of hydrogen-bond acceptors (Lipinski definition) is 5. The molecule has 0 aliphatic heterocycles. The Balaban J connectivity index is 1.30. The molecule has 6 aromatic rings. The molecular formula is C39H39N5OSi. The highest BCUT2D eigenvalue weighted by Gasteiger charge is 2.50. The molecule has 3 aromatic heterocycles. The molecule has 0 N–H and O–H groups in total. The number of nitriles is 1. The van der Waals surface area contributed by atoms with Crippen molar-refractivity contribution < 1.29 is 4.43 Å². The van der Waals surface area contributed by atoms with E-state index < -0.39 is 8.32 Å². The first-order valence-electron chi connectivity index (χ1n) is 15.6. The number of hydrogen-bond donors (Lipinski definition) is 0. The van der Waals surface area contributed by atoms with E-state index in [0.717, 1.165) is 33.3 Å². The molecule has 0 fully saturated rings. The standard InChI is InChI=1S/C39H39N5OSi/c1-38(2,3)46(33-14-8-6-9-15-33,34-16-10-7-11-17-34)45-28-39(4,5)27-44-26-31(25-42-44)35-21-20-32(24-40)43-37(35)30-19-18-29-13-12-22-41-36(29)23-30/h6-23,25-26H,27-28H2,1-5H3. The summed E-state index contributed by atoms with van der Waals surface area (Å²) in [6, 6.07) is 37.5. The largest absolute Gasteiger partial charge is 0.407 e. The van der Waals surface area contributed by atoms with E-state index >= 15 is 0 Å². The minimum Gasteiger partial charge on any atom is -0.407 e. The first-order chi connectivity index (χ1) is 22.1. The van der Waals surface area contributed by atoms with Crippen LogP contribution in [0.1, 0.15) is 40.3 Å². The van der Waals surface area contributed by atoms with Crippen LogP contribution < -0.4 is 10.4 Å². The first kappa shape index (κ1) is 31.1. The van der Waals surface area contributed by atoms with E-state index in [0.29, 0.717) is 18.8 Å². The van der Waals surface area contributed by atoms with Crippen molar-refractivity contribution in [2.24, 2.45) is 5.41 Å². The predicted molar refractivity (Wildman–Crippen MR) is 188 cm³/mol. The van der Waals surface area contributed by atoms with Gasteiger partial charge < -0.3 is 4.43 Å². The van der Waals surface area contributed by atoms with E-state index in [4.69, 9.17) is 14.5 Å². The quantitative estimate of drug-likeness (QED) is 0.155. The molecule has 3 aromatic carbocycles. The Bertz CT molecular complexity index is 1970. The molecule has 6 nitrogen and oxygen atoms in total. The van der Waals surface area contributed by atoms with Gasteiger partial charge in [-0.15, -0.1) is 0 Å². The van der Waals surface area contributed by atoms with Crippen molar-refractivity contribution in [3.8, 4) is 28.5 Å². The number of rotatable bonds is 9. The van der Waals surface area contributed by atoms with E-state index in [9.17, 15) is 5.26 Å². The number of pyridine rings is 2. The molecule has 0 spiro atoms. The van der Waals surface area contributed by atoms with Gasteiger partial charge in [-0.2, -0.15) is 10.4 Å². The van der Waals surface area contributed by atoms with E-state index in [1.165, 1.54) is 10.4 Å². The second-order valence-electron chi connectivity index (χ2n) is 13.7. The second kappa shape index (κ2) is 12.5. The summed E-state index contributed by atoms with van der Waals surface area (Å²) in [6.07, 6.45) is 5.73. The Morgan fingerprint density at radius 3 is 2.15 bits per heavy atom. The van der Waals surface area contributed by atoms with Crippen LogP contribution in [0, 0.1) is 16.7 Å². The summed E-state index contributed by atoms with van der Waals surface area (Å²) < 4.78 is 9.28. The minimum absolute atomic E-state index is 0.0953. The molecule has 6 rings (SSSR count). The van der Waals surface area contributed by atoms with Crippen LogP contribution in [0.2, 0.25) is 5.04 Å². The van der Waals surface area contributed by atoms with Gasteiger partial charge in [-0.1, -0.05) is 113 Å². The van der Waals surface area contributed by atoms with Gasteiger partial charge in [0.15, 0.2) is 0 Å². The van der Waals surface area contributed by atoms with E-state index in [2.05, 4.69) is 113 Å². The molecule has 3 heterocycles. The van der Waals surface area contributed by atoms with Crippen molar-refractivity contribution in [2.75, 3.05) is 6.61 Å². The van der Waals surface area contributed by atoms with Crippen molar-refractivity contribution in [3.63, 3.8) is 0 Å². The smallest absolute Gasteiger partial charge is 0.261 e. The summed E-state index contributed by atoms with van der Waals surface area (Å²) >= 11 is 0. The molecule has 46 heavy (non-hydrogen) atoms. The third-order valence-electron chi connectivity index (χ3n) is 8.52. The number of aromatic nitrogens is 4. The van der Waals surface area contributed by atoms with Crippen molar-refractivity contribution in [2.45, 2.75) is 46.2 Å². The Morgan fingerprint density at radius 2 is 1.50 bits per heavy atom. The fourth-order valence-corrected chi connectivity index (χ4v) is 11.1. The van der Waals surface area contributed by atoms with Gasteiger partial charge in [-0.05, 0) is 39.7 Å². The van der Waals surface area contributed by atoms with Crippen LogP contribution in [0.25, 0.3) is 33.3 Å². The summed E-state index contributed by atoms with van der Waals surface area (Å²) in [7, 11) is -2.67. The minimum atomic E-state index is -2.67. The molecule has 0 bridgehead atoms. The fraction of sp³-hybridized carbons (Fsp3) is 0.231. The van der Waals surface area contributed by atoms with Crippen LogP contribution in [0.3, 0.4) is 0 Å². The molecule has 0 amide bonds. The van der Waals surface area contributed by atoms with Crippen molar-refractivity contribution >= 4 is 29.6 Å². The molecule has 0 radical (unpaired) electrons. The predicted octanol–water partition coefficient (Wildman–Crippen LogP) is 7.63. The molecule has 0 atom stereocenters. The van der Waals surface area contributed by atoms with Gasteiger partial charge in [0.25, 0.3) is 8.32 Å². The summed E-state index contributed by atoms with van der Waals surface area (Å²) in [6.45, 7) is 12.6. The maximum absolute atomic E-state index is 9.63. The summed E-state index contributed by atoms with van der Waals surface area (Å²) in [5, 5.41) is 17.9. The SMILES string of the molecule is CC(C)(CO[Si](c1ccccc1)(c1ccccc1)C(C)(C)C)Cn1cc(-c2ccc(C#N)nc2-c2ccc3cccnc3c2)cn1. The molecule has 0 unspecified atom stereocenters. The molecule has 0 aliphatic rings. The highest BCUT2D eigenvalue weighted by Crippen LogP contribution is 2.38. The number of fused-ring (bicyclic) bond motifs is 1. The van der Waals surface area contributed by atoms with E-state index in [1.807, 2.05) is 47.3 Å². The first-order valence-corrected chi connectivity index (χ1v) is 17.5. The van der Waals surface area contributed by atoms with Crippen LogP contribution in [0.4, 0.5) is 0 Å². The van der Waals surface area contributed by atoms with Gasteiger partial charge in [0.2, 0.25) is 0 Å². The highest BCUT2D eigenvalue weighted by molar-refractivity contribution is 6.99. The van der Waals surface area contributed by atoms with Crippen LogP contribution in [-0.2, 0) is 11.0 Å². The van der Waals surface area contributed by atoms with Crippen molar-refractivity contribution in [1.82, 2.24) is 19.7 Å². The summed E-state index contributed by atoms with van der Waals surface area (Å²) in [5.74, 6) is 0. The van der Waals surface area contributed by atoms with Crippen molar-refractivity contribution in [1.29, 1.82) is 5.26 Å². The van der Waals surface area contributed by atoms with Gasteiger partial charge in [0.05, 0.1) is 17.4 Å². The highest BCUT2D eigenvalue weighted by atomic mass is 28.4. The Labute approximate surface area is 272 Å². The lowest BCUT2D eigenvalue weighted by atomic mass is 9.95. The zero-order valence-corrected chi connectivity index (χ0v) is 28.1. The van der Waals surface area contributed by atoms with Gasteiger partial charge in [-0.3, -0.25) is 9.67 Å². The van der Waals surface area contributed by atoms with Crippen LogP contribution in [0.15, 0.2) is 122 Å². The summed E-state index contributed by atoms with van der Waals surface area (Å²) in [4.78, 5) is 9.25. The lowest BCUT2D eigenvalue weighted by molar-refractivity contribution is 0.146. The van der Waals surface area contributed by atoms with Crippen LogP contribution in [0.5, 0.6) is 0 Å². The molecule has 0 saturated heterocycles. The lowest BCUT2D eigenvalue weighted by Gasteiger charge is -2.44. The topological polar surface area (TPSA) is 76.6 Å². The third kappa shape index (κ3) is 6.14. The van der Waals surface area contributed by atoms with Crippen LogP contribution in [-0.4, -0.2) is 34.7 Å². The van der Waals surface area contributed by atoms with Gasteiger partial charge >= 0.3 is 0 Å². The number of nitrogens with zero attached hydrogens (tertiary/aromatic N) is 5. The fourth-order valence-electron chi connectivity index (χ4n) is 6.33. The average molecular weight is 622 g/mol. The Hall–Kier alpha value is -4.90. The Morgan fingerprint density at radius 1 is 0.804 bits per heavy atom. The number of benzene rings is 3. The van der Waals surface area contributed by atoms with E-state index in [-0.39, 0.29) is 10.5 Å². The average Bonchev–Trinajstić information content (AvgIpc) is 3.52. The summed E-state index contributed by atoms with van der Waals surface area (Å²) in [5.41, 5.74) is 4.54. The molecule has 230 valence electrons. The maximum atomic E-state index is 9.63. The maximum Gasteiger partial charge on any atom is 0.261 e. The third-order valence-corrected chi connectivity index (χ3v) is 13.5. The molecule has 0 saturated carbocycles. The zero-order valence-electron chi connectivity index (χ0n) is 27.1. The molecule has 0 aliphatic carbocycles. The van der Waals surface area contributed by atoms with Gasteiger partial charge in [0.1, 0.15) is 11.8 Å². The monoisotopic (exact) mass is 621 g/mol. The zero-order chi connectivity index (χ0) is 32.4. The molecular weight excluding hydrogens is 583 g/mol. The van der Waals surface area contributed by atoms with Crippen LogP contribution >= 0.6 is 0 Å². The molecule has 7 heteroatoms. The Kier molecular flexibility index (Phi) is 8.43. The van der Waals surface area contributed by atoms with E-state index in [1.54, 1.807) is 12.3 Å². The van der Waals surface area contributed by atoms with Crippen molar-refractivity contribution in [3.05, 3.63) is 127 Å². The normalized spacial score (nSPS) is 12.3. The lowest BCUT2D eigenvalue weighted by Crippen LogP contribution is -2.67. The van der Waals surface area contributed by atoms with Gasteiger partial charge in [-0.25, -0.2) is 4.98 Å².